The Kier molecular flexibility index (Phi) is 7.78. The first-order chi connectivity index (χ1) is 19.4. The molecular formula is C28H30N10O2. The summed E-state index contributed by atoms with van der Waals surface area (Å²) in [7, 11) is 5.62. The first-order valence-corrected chi connectivity index (χ1v) is 12.7. The van der Waals surface area contributed by atoms with Crippen LogP contribution < -0.4 is 15.5 Å². The molecule has 2 aromatic heterocycles. The molecule has 0 bridgehead atoms. The monoisotopic (exact) mass is 538 g/mol. The number of hydrogen-bond donors (Lipinski definition) is 2. The third-order valence-electron chi connectivity index (χ3n) is 6.05. The fourth-order valence-corrected chi connectivity index (χ4v) is 4.22. The summed E-state index contributed by atoms with van der Waals surface area (Å²) in [6.45, 7) is 1.41. The Morgan fingerprint density at radius 1 is 1.12 bits per heavy atom. The van der Waals surface area contributed by atoms with E-state index in [1.165, 1.54) is 6.08 Å². The quantitative estimate of drug-likeness (QED) is 0.309. The molecule has 5 rings (SSSR count). The van der Waals surface area contributed by atoms with Crippen LogP contribution in [0.5, 0.6) is 0 Å². The number of amides is 3. The predicted molar refractivity (Wildman–Crippen MR) is 152 cm³/mol. The van der Waals surface area contributed by atoms with Gasteiger partial charge in [-0.1, -0.05) is 47.7 Å². The molecule has 1 aliphatic heterocycles. The van der Waals surface area contributed by atoms with Gasteiger partial charge < -0.3 is 20.4 Å². The highest BCUT2D eigenvalue weighted by atomic mass is 16.2. The van der Waals surface area contributed by atoms with Gasteiger partial charge in [0, 0.05) is 43.7 Å². The maximum atomic E-state index is 13.9. The number of aryl methyl sites for hydroxylation is 1. The van der Waals surface area contributed by atoms with Gasteiger partial charge in [0.2, 0.25) is 11.9 Å². The molecule has 0 radical (unpaired) electrons. The summed E-state index contributed by atoms with van der Waals surface area (Å²) in [5, 5.41) is 13.9. The molecule has 0 aliphatic carbocycles. The van der Waals surface area contributed by atoms with Gasteiger partial charge in [0.05, 0.1) is 18.4 Å². The van der Waals surface area contributed by atoms with E-state index in [0.29, 0.717) is 42.6 Å². The molecule has 0 atom stereocenters. The van der Waals surface area contributed by atoms with Crippen molar-refractivity contribution in [2.24, 2.45) is 7.05 Å². The normalized spacial score (nSPS) is 13.2. The Bertz CT molecular complexity index is 1530. The van der Waals surface area contributed by atoms with E-state index in [1.807, 2.05) is 55.4 Å². The highest BCUT2D eigenvalue weighted by Gasteiger charge is 2.33. The Morgan fingerprint density at radius 2 is 1.95 bits per heavy atom. The molecule has 40 heavy (non-hydrogen) atoms. The standard InChI is InChI=1S/C28H30N10O2/c1-35(2)14-8-13-25(39)30-22-11-7-12-23(15-22)38-26-21(16-29-27(32-26)31-24-19-36(3)34-33-24)18-37(28(38)40)17-20-9-5-4-6-10-20/h4-13,15-16,19H,14,17-18H2,1-3H3,(H,30,39)(H,29,31,32)/b13-8+. The van der Waals surface area contributed by atoms with Crippen LogP contribution in [0.3, 0.4) is 0 Å². The predicted octanol–water partition coefficient (Wildman–Crippen LogP) is 3.68. The average Bonchev–Trinajstić information content (AvgIpc) is 3.34. The first kappa shape index (κ1) is 26.5. The Labute approximate surface area is 231 Å². The van der Waals surface area contributed by atoms with Gasteiger partial charge in [-0.2, -0.15) is 4.98 Å². The van der Waals surface area contributed by atoms with E-state index >= 15 is 0 Å². The Morgan fingerprint density at radius 3 is 2.70 bits per heavy atom. The Balaban J connectivity index is 1.47. The molecule has 3 heterocycles. The molecule has 0 fully saturated rings. The van der Waals surface area contributed by atoms with E-state index < -0.39 is 0 Å². The van der Waals surface area contributed by atoms with Gasteiger partial charge in [-0.25, -0.2) is 14.7 Å². The van der Waals surface area contributed by atoms with E-state index in [9.17, 15) is 9.59 Å². The van der Waals surface area contributed by atoms with Gasteiger partial charge in [0.1, 0.15) is 0 Å². The fourth-order valence-electron chi connectivity index (χ4n) is 4.22. The molecule has 12 nitrogen and oxygen atoms in total. The maximum Gasteiger partial charge on any atom is 0.330 e. The SMILES string of the molecule is CN(C)C/C=C/C(=O)Nc1cccc(N2C(=O)N(Cc3ccccc3)Cc3cnc(Nc4cn(C)nn4)nc32)c1. The molecule has 0 spiro atoms. The van der Waals surface area contributed by atoms with Gasteiger partial charge in [0.15, 0.2) is 11.6 Å². The lowest BCUT2D eigenvalue weighted by Gasteiger charge is -2.36. The highest BCUT2D eigenvalue weighted by Crippen LogP contribution is 2.35. The van der Waals surface area contributed by atoms with Crippen molar-refractivity contribution in [1.82, 2.24) is 34.8 Å². The van der Waals surface area contributed by atoms with Crippen molar-refractivity contribution in [3.05, 3.63) is 90.3 Å². The molecule has 0 unspecified atom stereocenters. The summed E-state index contributed by atoms with van der Waals surface area (Å²) < 4.78 is 1.56. The van der Waals surface area contributed by atoms with Crippen LogP contribution in [0.25, 0.3) is 0 Å². The maximum absolute atomic E-state index is 13.9. The van der Waals surface area contributed by atoms with Crippen LogP contribution >= 0.6 is 0 Å². The van der Waals surface area contributed by atoms with Crippen molar-refractivity contribution in [2.75, 3.05) is 36.2 Å². The number of carbonyl (C=O) groups is 2. The summed E-state index contributed by atoms with van der Waals surface area (Å²) in [6, 6.07) is 16.7. The van der Waals surface area contributed by atoms with Crippen molar-refractivity contribution in [3.8, 4) is 0 Å². The van der Waals surface area contributed by atoms with Crippen LogP contribution in [0.15, 0.2) is 79.1 Å². The number of anilines is 5. The van der Waals surface area contributed by atoms with Crippen LogP contribution in [-0.4, -0.2) is 67.3 Å². The minimum absolute atomic E-state index is 0.241. The zero-order valence-corrected chi connectivity index (χ0v) is 22.5. The number of aromatic nitrogens is 5. The number of fused-ring (bicyclic) bond motifs is 1. The highest BCUT2D eigenvalue weighted by molar-refractivity contribution is 6.03. The molecule has 2 N–H and O–H groups in total. The van der Waals surface area contributed by atoms with E-state index in [0.717, 1.165) is 11.1 Å². The number of urea groups is 1. The molecule has 204 valence electrons. The smallest absolute Gasteiger partial charge is 0.322 e. The number of hydrogen-bond acceptors (Lipinski definition) is 8. The first-order valence-electron chi connectivity index (χ1n) is 12.7. The molecular weight excluding hydrogens is 508 g/mol. The minimum Gasteiger partial charge on any atom is -0.322 e. The minimum atomic E-state index is -0.257. The number of likely N-dealkylation sites (N-methyl/N-ethyl adjacent to an activating group) is 1. The number of nitrogens with one attached hydrogen (secondary N) is 2. The summed E-state index contributed by atoms with van der Waals surface area (Å²) >= 11 is 0. The van der Waals surface area contributed by atoms with Crippen molar-refractivity contribution >= 4 is 40.9 Å². The van der Waals surface area contributed by atoms with Gasteiger partial charge >= 0.3 is 6.03 Å². The largest absolute Gasteiger partial charge is 0.330 e. The summed E-state index contributed by atoms with van der Waals surface area (Å²) in [6.07, 6.45) is 6.69. The van der Waals surface area contributed by atoms with E-state index in [-0.39, 0.29) is 17.9 Å². The molecule has 0 saturated carbocycles. The third kappa shape index (κ3) is 6.30. The van der Waals surface area contributed by atoms with E-state index in [2.05, 4.69) is 25.9 Å². The lowest BCUT2D eigenvalue weighted by atomic mass is 10.1. The zero-order valence-electron chi connectivity index (χ0n) is 22.5. The summed E-state index contributed by atoms with van der Waals surface area (Å²) in [5.41, 5.74) is 2.90. The van der Waals surface area contributed by atoms with Crippen LogP contribution in [0.2, 0.25) is 0 Å². The topological polar surface area (TPSA) is 124 Å². The second-order valence-corrected chi connectivity index (χ2v) is 9.61. The second kappa shape index (κ2) is 11.7. The molecule has 3 amide bonds. The van der Waals surface area contributed by atoms with E-state index in [4.69, 9.17) is 4.98 Å². The Hall–Kier alpha value is -5.10. The van der Waals surface area contributed by atoms with Gasteiger partial charge in [-0.15, -0.1) is 5.10 Å². The van der Waals surface area contributed by atoms with Crippen LogP contribution in [0.4, 0.5) is 33.8 Å². The molecule has 12 heteroatoms. The van der Waals surface area contributed by atoms with Crippen molar-refractivity contribution in [1.29, 1.82) is 0 Å². The lowest BCUT2D eigenvalue weighted by molar-refractivity contribution is -0.111. The molecule has 0 saturated heterocycles. The van der Waals surface area contributed by atoms with Crippen molar-refractivity contribution in [3.63, 3.8) is 0 Å². The van der Waals surface area contributed by atoms with Gasteiger partial charge in [0.25, 0.3) is 0 Å². The molecule has 4 aromatic rings. The zero-order chi connectivity index (χ0) is 28.1. The van der Waals surface area contributed by atoms with Crippen LogP contribution in [0, 0.1) is 0 Å². The average molecular weight is 539 g/mol. The van der Waals surface area contributed by atoms with Crippen molar-refractivity contribution in [2.45, 2.75) is 13.1 Å². The second-order valence-electron chi connectivity index (χ2n) is 9.61. The summed E-state index contributed by atoms with van der Waals surface area (Å²) in [5.74, 6) is 0.954. The third-order valence-corrected chi connectivity index (χ3v) is 6.05. The fraction of sp³-hybridized carbons (Fsp3) is 0.214. The molecule has 1 aliphatic rings. The summed E-state index contributed by atoms with van der Waals surface area (Å²) in [4.78, 5) is 40.8. The number of rotatable bonds is 9. The van der Waals surface area contributed by atoms with Crippen LogP contribution in [0.1, 0.15) is 11.1 Å². The number of benzene rings is 2. The van der Waals surface area contributed by atoms with Crippen molar-refractivity contribution < 1.29 is 9.59 Å². The van der Waals surface area contributed by atoms with Gasteiger partial charge in [-0.3, -0.25) is 9.48 Å². The number of carbonyl (C=O) groups excluding carboxylic acids is 2. The number of nitrogens with zero attached hydrogens (tertiary/aromatic N) is 8. The van der Waals surface area contributed by atoms with E-state index in [1.54, 1.807) is 58.2 Å². The van der Waals surface area contributed by atoms with Crippen LogP contribution in [-0.2, 0) is 24.9 Å². The lowest BCUT2D eigenvalue weighted by Crippen LogP contribution is -2.45. The van der Waals surface area contributed by atoms with Gasteiger partial charge in [-0.05, 0) is 37.9 Å². The molecule has 2 aromatic carbocycles.